The highest BCUT2D eigenvalue weighted by molar-refractivity contribution is 9.10. The van der Waals surface area contributed by atoms with E-state index in [2.05, 4.69) is 31.4 Å². The Kier molecular flexibility index (Phi) is 5.23. The largest absolute Gasteiger partial charge is 0.326 e. The number of anilines is 1. The van der Waals surface area contributed by atoms with E-state index in [1.54, 1.807) is 29.1 Å². The quantitative estimate of drug-likeness (QED) is 0.702. The number of carbonyl (C=O) groups excluding carboxylic acids is 1. The lowest BCUT2D eigenvalue weighted by atomic mass is 10.1. The maximum Gasteiger partial charge on any atom is 0.224 e. The van der Waals surface area contributed by atoms with E-state index >= 15 is 0 Å². The summed E-state index contributed by atoms with van der Waals surface area (Å²) in [6, 6.07) is 12.2. The highest BCUT2D eigenvalue weighted by atomic mass is 79.9. The molecule has 25 heavy (non-hydrogen) atoms. The number of nitrogens with one attached hydrogen (secondary N) is 1. The maximum atomic E-state index is 13.8. The molecule has 0 aliphatic carbocycles. The van der Waals surface area contributed by atoms with Crippen LogP contribution in [0, 0.1) is 5.82 Å². The zero-order valence-electron chi connectivity index (χ0n) is 13.5. The van der Waals surface area contributed by atoms with E-state index < -0.39 is 0 Å². The van der Waals surface area contributed by atoms with Crippen molar-refractivity contribution in [1.82, 2.24) is 14.8 Å². The van der Waals surface area contributed by atoms with E-state index in [-0.39, 0.29) is 18.1 Å². The molecular formula is C18H16BrFN4O. The average Bonchev–Trinajstić information content (AvgIpc) is 3.00. The van der Waals surface area contributed by atoms with Gasteiger partial charge in [0, 0.05) is 29.2 Å². The van der Waals surface area contributed by atoms with Crippen LogP contribution in [0.25, 0.3) is 11.4 Å². The number of amides is 1. The molecule has 0 saturated carbocycles. The molecule has 0 aliphatic rings. The van der Waals surface area contributed by atoms with E-state index in [0.717, 1.165) is 5.56 Å². The van der Waals surface area contributed by atoms with E-state index in [4.69, 9.17) is 0 Å². The van der Waals surface area contributed by atoms with Gasteiger partial charge in [-0.15, -0.1) is 10.2 Å². The number of hydrogen-bond acceptors (Lipinski definition) is 3. The van der Waals surface area contributed by atoms with Crippen molar-refractivity contribution in [2.45, 2.75) is 12.8 Å². The first-order valence-electron chi connectivity index (χ1n) is 7.71. The average molecular weight is 403 g/mol. The summed E-state index contributed by atoms with van der Waals surface area (Å²) in [5, 5.41) is 10.7. The van der Waals surface area contributed by atoms with Crippen molar-refractivity contribution in [3.8, 4) is 11.4 Å². The van der Waals surface area contributed by atoms with Gasteiger partial charge in [0.15, 0.2) is 5.82 Å². The van der Waals surface area contributed by atoms with E-state index in [1.165, 1.54) is 6.07 Å². The Bertz CT molecular complexity index is 910. The van der Waals surface area contributed by atoms with Crippen LogP contribution in [0.15, 0.2) is 53.3 Å². The number of benzene rings is 2. The van der Waals surface area contributed by atoms with E-state index in [1.807, 2.05) is 25.2 Å². The number of rotatable bonds is 5. The minimum absolute atomic E-state index is 0.169. The normalized spacial score (nSPS) is 10.7. The Balaban J connectivity index is 1.64. The van der Waals surface area contributed by atoms with Crippen molar-refractivity contribution in [1.29, 1.82) is 0 Å². The zero-order chi connectivity index (χ0) is 17.8. The molecule has 0 bridgehead atoms. The highest BCUT2D eigenvalue weighted by Crippen LogP contribution is 2.21. The lowest BCUT2D eigenvalue weighted by Crippen LogP contribution is -2.12. The predicted molar refractivity (Wildman–Crippen MR) is 97.5 cm³/mol. The van der Waals surface area contributed by atoms with Gasteiger partial charge < -0.3 is 9.88 Å². The van der Waals surface area contributed by atoms with Gasteiger partial charge in [-0.25, -0.2) is 4.39 Å². The van der Waals surface area contributed by atoms with E-state index in [0.29, 0.717) is 28.0 Å². The molecule has 0 spiro atoms. The van der Waals surface area contributed by atoms with Crippen LogP contribution in [0.2, 0.25) is 0 Å². The van der Waals surface area contributed by atoms with Crippen LogP contribution in [0.3, 0.4) is 0 Å². The van der Waals surface area contributed by atoms with Crippen molar-refractivity contribution >= 4 is 27.5 Å². The highest BCUT2D eigenvalue weighted by Gasteiger charge is 2.09. The second-order valence-corrected chi connectivity index (χ2v) is 6.55. The fraction of sp³-hybridized carbons (Fsp3) is 0.167. The predicted octanol–water partition coefficient (Wildman–Crippen LogP) is 3.96. The lowest BCUT2D eigenvalue weighted by Gasteiger charge is -2.08. The van der Waals surface area contributed by atoms with Crippen molar-refractivity contribution in [2.75, 3.05) is 5.32 Å². The van der Waals surface area contributed by atoms with Gasteiger partial charge in [0.25, 0.3) is 0 Å². The van der Waals surface area contributed by atoms with Crippen LogP contribution in [0.4, 0.5) is 10.1 Å². The first-order chi connectivity index (χ1) is 12.0. The van der Waals surface area contributed by atoms with Crippen LogP contribution in [-0.4, -0.2) is 20.7 Å². The summed E-state index contributed by atoms with van der Waals surface area (Å²) in [6.07, 6.45) is 2.16. The fourth-order valence-electron chi connectivity index (χ4n) is 2.48. The minimum Gasteiger partial charge on any atom is -0.326 e. The summed E-state index contributed by atoms with van der Waals surface area (Å²) in [6.45, 7) is 0. The molecule has 2 aromatic carbocycles. The van der Waals surface area contributed by atoms with Gasteiger partial charge in [0.2, 0.25) is 5.91 Å². The number of aromatic nitrogens is 3. The molecule has 1 amide bonds. The molecular weight excluding hydrogens is 387 g/mol. The molecule has 0 fully saturated rings. The number of hydrogen-bond donors (Lipinski definition) is 1. The zero-order valence-corrected chi connectivity index (χ0v) is 15.1. The number of carbonyl (C=O) groups is 1. The van der Waals surface area contributed by atoms with Crippen LogP contribution in [0.1, 0.15) is 12.0 Å². The second kappa shape index (κ2) is 7.57. The van der Waals surface area contributed by atoms with Crippen LogP contribution in [0.5, 0.6) is 0 Å². The molecule has 0 unspecified atom stereocenters. The maximum absolute atomic E-state index is 13.8. The molecule has 128 valence electrons. The molecule has 1 heterocycles. The summed E-state index contributed by atoms with van der Waals surface area (Å²) in [5.41, 5.74) is 2.05. The molecule has 1 N–H and O–H groups in total. The number of aryl methyl sites for hydroxylation is 2. The third kappa shape index (κ3) is 4.30. The summed E-state index contributed by atoms with van der Waals surface area (Å²) in [5.74, 6) is 0.233. The molecule has 3 rings (SSSR count). The molecule has 0 saturated heterocycles. The number of halogens is 2. The Hall–Kier alpha value is -2.54. The molecule has 0 aliphatic heterocycles. The number of nitrogens with zero attached hydrogens (tertiary/aromatic N) is 3. The first kappa shape index (κ1) is 17.3. The molecule has 5 nitrogen and oxygen atoms in total. The molecule has 0 atom stereocenters. The Morgan fingerprint density at radius 3 is 2.84 bits per heavy atom. The molecule has 7 heteroatoms. The lowest BCUT2D eigenvalue weighted by molar-refractivity contribution is -0.116. The van der Waals surface area contributed by atoms with Crippen molar-refractivity contribution in [3.05, 3.63) is 64.6 Å². The molecule has 1 aromatic heterocycles. The van der Waals surface area contributed by atoms with Gasteiger partial charge in [-0.05, 0) is 36.2 Å². The van der Waals surface area contributed by atoms with Crippen molar-refractivity contribution in [3.63, 3.8) is 0 Å². The summed E-state index contributed by atoms with van der Waals surface area (Å²) >= 11 is 3.22. The van der Waals surface area contributed by atoms with Crippen molar-refractivity contribution < 1.29 is 9.18 Å². The topological polar surface area (TPSA) is 59.8 Å². The second-order valence-electron chi connectivity index (χ2n) is 5.63. The third-order valence-electron chi connectivity index (χ3n) is 3.75. The van der Waals surface area contributed by atoms with Gasteiger partial charge in [-0.2, -0.15) is 0 Å². The third-order valence-corrected chi connectivity index (χ3v) is 4.25. The van der Waals surface area contributed by atoms with Crippen LogP contribution >= 0.6 is 15.9 Å². The standard InChI is InChI=1S/C18H16BrFN4O/c1-24-11-21-23-18(24)13-3-2-4-15(9-13)22-17(25)8-6-12-5-7-14(19)10-16(12)20/h2-5,7,9-11H,6,8H2,1H3,(H,22,25). The van der Waals surface area contributed by atoms with Crippen molar-refractivity contribution in [2.24, 2.45) is 7.05 Å². The molecule has 3 aromatic rings. The van der Waals surface area contributed by atoms with Crippen LogP contribution in [-0.2, 0) is 18.3 Å². The summed E-state index contributed by atoms with van der Waals surface area (Å²) in [7, 11) is 1.85. The Labute approximate surface area is 153 Å². The molecule has 0 radical (unpaired) electrons. The SMILES string of the molecule is Cn1cnnc1-c1cccc(NC(=O)CCc2ccc(Br)cc2F)c1. The first-order valence-corrected chi connectivity index (χ1v) is 8.50. The summed E-state index contributed by atoms with van der Waals surface area (Å²) in [4.78, 5) is 12.2. The Morgan fingerprint density at radius 2 is 2.12 bits per heavy atom. The van der Waals surface area contributed by atoms with Gasteiger partial charge in [0.05, 0.1) is 0 Å². The minimum atomic E-state index is -0.313. The van der Waals surface area contributed by atoms with Gasteiger partial charge in [-0.1, -0.05) is 34.1 Å². The smallest absolute Gasteiger partial charge is 0.224 e. The summed E-state index contributed by atoms with van der Waals surface area (Å²) < 4.78 is 16.3. The monoisotopic (exact) mass is 402 g/mol. The van der Waals surface area contributed by atoms with Gasteiger partial charge >= 0.3 is 0 Å². The van der Waals surface area contributed by atoms with Crippen LogP contribution < -0.4 is 5.32 Å². The van der Waals surface area contributed by atoms with Gasteiger partial charge in [0.1, 0.15) is 12.1 Å². The van der Waals surface area contributed by atoms with Gasteiger partial charge in [-0.3, -0.25) is 4.79 Å². The fourth-order valence-corrected chi connectivity index (χ4v) is 2.81. The van der Waals surface area contributed by atoms with E-state index in [9.17, 15) is 9.18 Å². The Morgan fingerprint density at radius 1 is 1.28 bits per heavy atom.